The molecule has 0 unspecified atom stereocenters. The molecule has 0 N–H and O–H groups in total. The lowest BCUT2D eigenvalue weighted by molar-refractivity contribution is 0.304. The van der Waals surface area contributed by atoms with Crippen molar-refractivity contribution in [3.8, 4) is 16.2 Å². The van der Waals surface area contributed by atoms with Crippen molar-refractivity contribution in [1.29, 1.82) is 0 Å². The molecule has 3 rings (SSSR count). The lowest BCUT2D eigenvalue weighted by Crippen LogP contribution is -2.02. The van der Waals surface area contributed by atoms with Gasteiger partial charge in [-0.1, -0.05) is 39.0 Å². The number of hydrogen-bond acceptors (Lipinski definition) is 5. The Balaban J connectivity index is 1.85. The topological polar surface area (TPSA) is 35.0 Å². The van der Waals surface area contributed by atoms with E-state index in [4.69, 9.17) is 4.74 Å². The second-order valence-electron chi connectivity index (χ2n) is 6.32. The third-order valence-corrected chi connectivity index (χ3v) is 7.53. The maximum Gasteiger partial charge on any atom is 0.134 e. The van der Waals surface area contributed by atoms with Crippen LogP contribution in [0.25, 0.3) is 21.5 Å². The molecule has 2 heterocycles. The first-order chi connectivity index (χ1) is 12.6. The van der Waals surface area contributed by atoms with Crippen molar-refractivity contribution in [1.82, 2.24) is 8.75 Å². The first-order valence-electron chi connectivity index (χ1n) is 8.96. The molecule has 3 aromatic rings. The predicted octanol–water partition coefficient (Wildman–Crippen LogP) is 7.99. The summed E-state index contributed by atoms with van der Waals surface area (Å²) in [5.74, 6) is 0.931. The van der Waals surface area contributed by atoms with Gasteiger partial charge in [-0.25, -0.2) is 0 Å². The van der Waals surface area contributed by atoms with E-state index in [2.05, 4.69) is 66.6 Å². The van der Waals surface area contributed by atoms with Gasteiger partial charge in [0, 0.05) is 10.4 Å². The van der Waals surface area contributed by atoms with Gasteiger partial charge in [0.05, 0.1) is 32.2 Å². The van der Waals surface area contributed by atoms with Crippen molar-refractivity contribution in [3.63, 3.8) is 0 Å². The molecule has 0 saturated carbocycles. The number of halogens is 2. The first-order valence-corrected chi connectivity index (χ1v) is 12.1. The van der Waals surface area contributed by atoms with Crippen LogP contribution in [0.5, 0.6) is 5.75 Å². The standard InChI is InChI=1S/C19H22Br2N2OS2/c1-3-4-5-6-7-8-11-24-19-12(2)16(21)18-17(22-26-23-18)15(19)13-9-10-14(20)25-13/h9-10H,3-8,11H2,1-2H3. The molecule has 0 amide bonds. The number of benzene rings is 1. The summed E-state index contributed by atoms with van der Waals surface area (Å²) < 4.78 is 17.4. The van der Waals surface area contributed by atoms with Crippen molar-refractivity contribution in [2.45, 2.75) is 52.4 Å². The third-order valence-electron chi connectivity index (χ3n) is 4.39. The van der Waals surface area contributed by atoms with E-state index in [-0.39, 0.29) is 0 Å². The predicted molar refractivity (Wildman–Crippen MR) is 120 cm³/mol. The fourth-order valence-electron chi connectivity index (χ4n) is 2.98. The summed E-state index contributed by atoms with van der Waals surface area (Å²) in [5, 5.41) is 0. The summed E-state index contributed by atoms with van der Waals surface area (Å²) in [6, 6.07) is 4.19. The molecule has 7 heteroatoms. The summed E-state index contributed by atoms with van der Waals surface area (Å²) in [7, 11) is 0. The molecule has 0 atom stereocenters. The molecule has 2 aromatic heterocycles. The summed E-state index contributed by atoms with van der Waals surface area (Å²) in [4.78, 5) is 1.16. The average Bonchev–Trinajstić information content (AvgIpc) is 3.27. The Labute approximate surface area is 179 Å². The number of rotatable bonds is 9. The normalized spacial score (nSPS) is 11.4. The van der Waals surface area contributed by atoms with E-state index in [1.807, 2.05) is 0 Å². The zero-order valence-electron chi connectivity index (χ0n) is 15.0. The largest absolute Gasteiger partial charge is 0.493 e. The Morgan fingerprint density at radius 1 is 1.00 bits per heavy atom. The molecule has 26 heavy (non-hydrogen) atoms. The molecule has 0 aliphatic carbocycles. The average molecular weight is 518 g/mol. The fourth-order valence-corrected chi connectivity index (χ4v) is 5.55. The van der Waals surface area contributed by atoms with Crippen LogP contribution in [0.15, 0.2) is 20.4 Å². The van der Waals surface area contributed by atoms with Crippen molar-refractivity contribution in [2.24, 2.45) is 0 Å². The van der Waals surface area contributed by atoms with Gasteiger partial charge < -0.3 is 4.74 Å². The highest BCUT2D eigenvalue weighted by molar-refractivity contribution is 9.11. The maximum absolute atomic E-state index is 6.29. The number of aromatic nitrogens is 2. The molecule has 1 aromatic carbocycles. The van der Waals surface area contributed by atoms with E-state index in [9.17, 15) is 0 Å². The van der Waals surface area contributed by atoms with Crippen molar-refractivity contribution in [2.75, 3.05) is 6.61 Å². The van der Waals surface area contributed by atoms with Gasteiger partial charge in [-0.3, -0.25) is 0 Å². The summed E-state index contributed by atoms with van der Waals surface area (Å²) >= 11 is 10.2. The van der Waals surface area contributed by atoms with E-state index in [0.717, 1.165) is 54.1 Å². The van der Waals surface area contributed by atoms with Crippen LogP contribution in [0.2, 0.25) is 0 Å². The second kappa shape index (κ2) is 9.62. The number of ether oxygens (including phenoxy) is 1. The summed E-state index contributed by atoms with van der Waals surface area (Å²) in [6.45, 7) is 5.07. The Morgan fingerprint density at radius 2 is 1.73 bits per heavy atom. The van der Waals surface area contributed by atoms with Gasteiger partial charge in [0.25, 0.3) is 0 Å². The molecular formula is C19H22Br2N2OS2. The minimum Gasteiger partial charge on any atom is -0.493 e. The van der Waals surface area contributed by atoms with E-state index < -0.39 is 0 Å². The maximum atomic E-state index is 6.29. The van der Waals surface area contributed by atoms with Crippen LogP contribution >= 0.6 is 54.9 Å². The lowest BCUT2D eigenvalue weighted by Gasteiger charge is -2.15. The van der Waals surface area contributed by atoms with E-state index >= 15 is 0 Å². The van der Waals surface area contributed by atoms with Gasteiger partial charge in [-0.2, -0.15) is 8.75 Å². The lowest BCUT2D eigenvalue weighted by atomic mass is 10.1. The van der Waals surface area contributed by atoms with Gasteiger partial charge in [0.15, 0.2) is 0 Å². The second-order valence-corrected chi connectivity index (χ2v) is 10.1. The molecular weight excluding hydrogens is 496 g/mol. The minimum atomic E-state index is 0.738. The van der Waals surface area contributed by atoms with E-state index in [1.165, 1.54) is 43.8 Å². The first kappa shape index (κ1) is 20.2. The molecule has 0 bridgehead atoms. The van der Waals surface area contributed by atoms with Crippen LogP contribution in [0.1, 0.15) is 51.0 Å². The number of fused-ring (bicyclic) bond motifs is 1. The van der Waals surface area contributed by atoms with E-state index in [0.29, 0.717) is 0 Å². The zero-order valence-corrected chi connectivity index (χ0v) is 19.8. The highest BCUT2D eigenvalue weighted by Crippen LogP contribution is 2.46. The summed E-state index contributed by atoms with van der Waals surface area (Å²) in [5.41, 5.74) is 3.99. The molecule has 0 aliphatic rings. The monoisotopic (exact) mass is 516 g/mol. The molecule has 0 saturated heterocycles. The van der Waals surface area contributed by atoms with Gasteiger partial charge in [0.2, 0.25) is 0 Å². The Kier molecular flexibility index (Phi) is 7.49. The van der Waals surface area contributed by atoms with Crippen molar-refractivity contribution >= 4 is 66.0 Å². The van der Waals surface area contributed by atoms with Crippen LogP contribution in [0, 0.1) is 6.92 Å². The smallest absolute Gasteiger partial charge is 0.134 e. The molecule has 0 radical (unpaired) electrons. The Morgan fingerprint density at radius 3 is 2.46 bits per heavy atom. The van der Waals surface area contributed by atoms with Crippen LogP contribution in [-0.2, 0) is 0 Å². The van der Waals surface area contributed by atoms with Gasteiger partial charge in [0.1, 0.15) is 16.8 Å². The van der Waals surface area contributed by atoms with Gasteiger partial charge in [-0.15, -0.1) is 11.3 Å². The molecule has 0 fully saturated rings. The number of nitrogens with zero attached hydrogens (tertiary/aromatic N) is 2. The molecule has 0 aliphatic heterocycles. The highest BCUT2D eigenvalue weighted by atomic mass is 79.9. The molecule has 3 nitrogen and oxygen atoms in total. The number of thiophene rings is 1. The molecule has 140 valence electrons. The minimum absolute atomic E-state index is 0.738. The van der Waals surface area contributed by atoms with Crippen LogP contribution in [-0.4, -0.2) is 15.4 Å². The third kappa shape index (κ3) is 4.49. The van der Waals surface area contributed by atoms with E-state index in [1.54, 1.807) is 11.3 Å². The number of hydrogen-bond donors (Lipinski definition) is 0. The fraction of sp³-hybridized carbons (Fsp3) is 0.474. The highest BCUT2D eigenvalue weighted by Gasteiger charge is 2.22. The Bertz CT molecular complexity index is 876. The van der Waals surface area contributed by atoms with Crippen molar-refractivity contribution in [3.05, 3.63) is 26.0 Å². The van der Waals surface area contributed by atoms with Gasteiger partial charge in [-0.05, 0) is 57.3 Å². The quantitative estimate of drug-likeness (QED) is 0.270. The van der Waals surface area contributed by atoms with Gasteiger partial charge >= 0.3 is 0 Å². The molecule has 0 spiro atoms. The SMILES string of the molecule is CCCCCCCCOc1c(C)c(Br)c2nsnc2c1-c1ccc(Br)s1. The Hall–Kier alpha value is -0.500. The van der Waals surface area contributed by atoms with Crippen LogP contribution < -0.4 is 4.74 Å². The zero-order chi connectivity index (χ0) is 18.5. The van der Waals surface area contributed by atoms with Crippen LogP contribution in [0.3, 0.4) is 0 Å². The number of unbranched alkanes of at least 4 members (excludes halogenated alkanes) is 5. The van der Waals surface area contributed by atoms with Crippen molar-refractivity contribution < 1.29 is 4.74 Å². The summed E-state index contributed by atoms with van der Waals surface area (Å²) in [6.07, 6.45) is 7.54. The van der Waals surface area contributed by atoms with Crippen LogP contribution in [0.4, 0.5) is 0 Å².